The van der Waals surface area contributed by atoms with Crippen LogP contribution in [0.2, 0.25) is 0 Å². The number of nitrogens with one attached hydrogen (secondary N) is 1. The summed E-state index contributed by atoms with van der Waals surface area (Å²) in [5, 5.41) is 12.2. The van der Waals surface area contributed by atoms with Gasteiger partial charge in [-0.1, -0.05) is 6.42 Å². The first-order chi connectivity index (χ1) is 9.10. The highest BCUT2D eigenvalue weighted by atomic mass is 19.1. The van der Waals surface area contributed by atoms with E-state index >= 15 is 0 Å². The van der Waals surface area contributed by atoms with Crippen molar-refractivity contribution in [2.24, 2.45) is 5.92 Å². The van der Waals surface area contributed by atoms with Gasteiger partial charge in [-0.2, -0.15) is 0 Å². The highest BCUT2D eigenvalue weighted by Crippen LogP contribution is 2.28. The Kier molecular flexibility index (Phi) is 4.24. The van der Waals surface area contributed by atoms with Gasteiger partial charge < -0.3 is 15.2 Å². The molecule has 1 fully saturated rings. The normalized spacial score (nSPS) is 22.8. The van der Waals surface area contributed by atoms with Crippen molar-refractivity contribution in [2.45, 2.75) is 31.7 Å². The van der Waals surface area contributed by atoms with Crippen molar-refractivity contribution in [3.05, 3.63) is 24.0 Å². The zero-order valence-electron chi connectivity index (χ0n) is 10.9. The summed E-state index contributed by atoms with van der Waals surface area (Å²) in [5.74, 6) is -1.25. The third-order valence-electron chi connectivity index (χ3n) is 3.55. The fourth-order valence-electron chi connectivity index (χ4n) is 2.54. The first-order valence-corrected chi connectivity index (χ1v) is 6.43. The van der Waals surface area contributed by atoms with Crippen molar-refractivity contribution >= 4 is 11.7 Å². The van der Waals surface area contributed by atoms with E-state index in [1.165, 1.54) is 13.2 Å². The highest BCUT2D eigenvalue weighted by Gasteiger charge is 2.26. The van der Waals surface area contributed by atoms with Crippen molar-refractivity contribution in [3.63, 3.8) is 0 Å². The summed E-state index contributed by atoms with van der Waals surface area (Å²) in [7, 11) is 1.42. The van der Waals surface area contributed by atoms with Crippen LogP contribution in [-0.2, 0) is 4.79 Å². The van der Waals surface area contributed by atoms with E-state index in [4.69, 9.17) is 9.84 Å². The van der Waals surface area contributed by atoms with E-state index in [1.807, 2.05) is 0 Å². The zero-order valence-corrected chi connectivity index (χ0v) is 10.9. The Morgan fingerprint density at radius 1 is 1.47 bits per heavy atom. The molecule has 1 aliphatic rings. The summed E-state index contributed by atoms with van der Waals surface area (Å²) in [6.07, 6.45) is 3.11. The summed E-state index contributed by atoms with van der Waals surface area (Å²) in [5.41, 5.74) is 0.661. The Hall–Kier alpha value is -1.78. The molecule has 2 N–H and O–H groups in total. The zero-order chi connectivity index (χ0) is 13.8. The maximum absolute atomic E-state index is 13.6. The third kappa shape index (κ3) is 3.36. The summed E-state index contributed by atoms with van der Waals surface area (Å²) in [6, 6.07) is 4.77. The molecule has 0 amide bonds. The summed E-state index contributed by atoms with van der Waals surface area (Å²) >= 11 is 0. The maximum atomic E-state index is 13.6. The number of carboxylic acids is 1. The molecular weight excluding hydrogens is 249 g/mol. The lowest BCUT2D eigenvalue weighted by molar-refractivity contribution is -0.142. The smallest absolute Gasteiger partial charge is 0.306 e. The Labute approximate surface area is 111 Å². The molecule has 0 aromatic heterocycles. The van der Waals surface area contributed by atoms with Crippen LogP contribution in [0.15, 0.2) is 18.2 Å². The number of ether oxygens (including phenoxy) is 1. The Bertz CT molecular complexity index is 464. The van der Waals surface area contributed by atoms with Crippen molar-refractivity contribution in [1.82, 2.24) is 0 Å². The predicted molar refractivity (Wildman–Crippen MR) is 70.0 cm³/mol. The predicted octanol–water partition coefficient (Wildman–Crippen LogP) is 2.89. The van der Waals surface area contributed by atoms with Gasteiger partial charge >= 0.3 is 5.97 Å². The summed E-state index contributed by atoms with van der Waals surface area (Å²) in [6.45, 7) is 0. The van der Waals surface area contributed by atoms with Gasteiger partial charge in [-0.15, -0.1) is 0 Å². The van der Waals surface area contributed by atoms with Crippen molar-refractivity contribution in [3.8, 4) is 5.75 Å². The van der Waals surface area contributed by atoms with Crippen molar-refractivity contribution in [2.75, 3.05) is 12.4 Å². The molecule has 5 heteroatoms. The minimum Gasteiger partial charge on any atom is -0.494 e. The van der Waals surface area contributed by atoms with Crippen LogP contribution >= 0.6 is 0 Å². The van der Waals surface area contributed by atoms with E-state index in [0.29, 0.717) is 12.1 Å². The third-order valence-corrected chi connectivity index (χ3v) is 3.55. The fraction of sp³-hybridized carbons (Fsp3) is 0.500. The second kappa shape index (κ2) is 5.91. The number of hydrogen-bond donors (Lipinski definition) is 2. The van der Waals surface area contributed by atoms with E-state index in [1.54, 1.807) is 12.1 Å². The average molecular weight is 267 g/mol. The molecule has 0 heterocycles. The number of methoxy groups -OCH3 is 1. The Morgan fingerprint density at radius 2 is 2.26 bits per heavy atom. The molecule has 0 bridgehead atoms. The number of rotatable bonds is 4. The minimum absolute atomic E-state index is 0.0858. The molecule has 1 aromatic rings. The van der Waals surface area contributed by atoms with Crippen LogP contribution in [0.5, 0.6) is 5.75 Å². The number of carboxylic acid groups (broad SMARTS) is 1. The van der Waals surface area contributed by atoms with Crippen LogP contribution < -0.4 is 10.1 Å². The van der Waals surface area contributed by atoms with Crippen LogP contribution in [0.25, 0.3) is 0 Å². The molecule has 2 atom stereocenters. The molecule has 2 rings (SSSR count). The topological polar surface area (TPSA) is 58.6 Å². The molecule has 0 radical (unpaired) electrons. The maximum Gasteiger partial charge on any atom is 0.306 e. The van der Waals surface area contributed by atoms with Gasteiger partial charge in [0.05, 0.1) is 13.0 Å². The van der Waals surface area contributed by atoms with Gasteiger partial charge in [-0.25, -0.2) is 4.39 Å². The van der Waals surface area contributed by atoms with Crippen LogP contribution in [0.1, 0.15) is 25.7 Å². The first-order valence-electron chi connectivity index (χ1n) is 6.43. The van der Waals surface area contributed by atoms with Gasteiger partial charge in [0.1, 0.15) is 0 Å². The van der Waals surface area contributed by atoms with Crippen LogP contribution in [0, 0.1) is 11.7 Å². The van der Waals surface area contributed by atoms with Crippen molar-refractivity contribution in [1.29, 1.82) is 0 Å². The highest BCUT2D eigenvalue weighted by molar-refractivity contribution is 5.70. The van der Waals surface area contributed by atoms with E-state index in [-0.39, 0.29) is 17.7 Å². The lowest BCUT2D eigenvalue weighted by atomic mass is 9.85. The lowest BCUT2D eigenvalue weighted by Crippen LogP contribution is -2.30. The largest absolute Gasteiger partial charge is 0.494 e. The summed E-state index contributed by atoms with van der Waals surface area (Å²) in [4.78, 5) is 11.0. The molecule has 0 saturated heterocycles. The molecular formula is C14H18FNO3. The number of halogens is 1. The van der Waals surface area contributed by atoms with Gasteiger partial charge in [-0.05, 0) is 31.4 Å². The lowest BCUT2D eigenvalue weighted by Gasteiger charge is -2.28. The molecule has 1 aromatic carbocycles. The first kappa shape index (κ1) is 13.6. The van der Waals surface area contributed by atoms with Gasteiger partial charge in [0.25, 0.3) is 0 Å². The Balaban J connectivity index is 2.00. The molecule has 104 valence electrons. The van der Waals surface area contributed by atoms with Gasteiger partial charge in [-0.3, -0.25) is 4.79 Å². The average Bonchev–Trinajstić information content (AvgIpc) is 2.39. The Morgan fingerprint density at radius 3 is 2.89 bits per heavy atom. The number of aliphatic carboxylic acids is 1. The van der Waals surface area contributed by atoms with Crippen molar-refractivity contribution < 1.29 is 19.0 Å². The number of anilines is 1. The monoisotopic (exact) mass is 267 g/mol. The molecule has 1 aliphatic carbocycles. The number of hydrogen-bond acceptors (Lipinski definition) is 3. The van der Waals surface area contributed by atoms with Gasteiger partial charge in [0, 0.05) is 17.8 Å². The van der Waals surface area contributed by atoms with Gasteiger partial charge in [0.2, 0.25) is 0 Å². The number of carbonyl (C=O) groups is 1. The SMILES string of the molecule is COc1ccc(NC2CCCC(C(=O)O)C2)cc1F. The van der Waals surface area contributed by atoms with Gasteiger partial charge in [0.15, 0.2) is 11.6 Å². The molecule has 1 saturated carbocycles. The van der Waals surface area contributed by atoms with E-state index in [2.05, 4.69) is 5.32 Å². The molecule has 0 spiro atoms. The molecule has 2 unspecified atom stereocenters. The number of benzene rings is 1. The van der Waals surface area contributed by atoms with Crippen LogP contribution in [0.3, 0.4) is 0 Å². The molecule has 19 heavy (non-hydrogen) atoms. The van der Waals surface area contributed by atoms with E-state index in [0.717, 1.165) is 19.3 Å². The second-order valence-corrected chi connectivity index (χ2v) is 4.89. The summed E-state index contributed by atoms with van der Waals surface area (Å²) < 4.78 is 18.4. The second-order valence-electron chi connectivity index (χ2n) is 4.89. The quantitative estimate of drug-likeness (QED) is 0.880. The molecule has 0 aliphatic heterocycles. The van der Waals surface area contributed by atoms with E-state index < -0.39 is 11.8 Å². The standard InChI is InChI=1S/C14H18FNO3/c1-19-13-6-5-11(8-12(13)15)16-10-4-2-3-9(7-10)14(17)18/h5-6,8-10,16H,2-4,7H2,1H3,(H,17,18). The minimum atomic E-state index is -0.743. The fourth-order valence-corrected chi connectivity index (χ4v) is 2.54. The van der Waals surface area contributed by atoms with E-state index in [9.17, 15) is 9.18 Å². The molecule has 4 nitrogen and oxygen atoms in total. The van der Waals surface area contributed by atoms with Crippen LogP contribution in [-0.4, -0.2) is 24.2 Å². The van der Waals surface area contributed by atoms with Crippen LogP contribution in [0.4, 0.5) is 10.1 Å².